The van der Waals surface area contributed by atoms with Crippen LogP contribution >= 0.6 is 11.6 Å². The highest BCUT2D eigenvalue weighted by atomic mass is 35.5. The van der Waals surface area contributed by atoms with Gasteiger partial charge < -0.3 is 4.90 Å². The van der Waals surface area contributed by atoms with Crippen LogP contribution in [0.2, 0.25) is 5.02 Å². The number of aryl methyl sites for hydroxylation is 1. The lowest BCUT2D eigenvalue weighted by Crippen LogP contribution is -2.29. The lowest BCUT2D eigenvalue weighted by molar-refractivity contribution is 0.775. The summed E-state index contributed by atoms with van der Waals surface area (Å²) in [7, 11) is 0. The molecule has 0 N–H and O–H groups in total. The van der Waals surface area contributed by atoms with Crippen LogP contribution in [0, 0.1) is 6.92 Å². The van der Waals surface area contributed by atoms with Crippen molar-refractivity contribution in [2.24, 2.45) is 0 Å². The van der Waals surface area contributed by atoms with Gasteiger partial charge in [-0.25, -0.2) is 0 Å². The van der Waals surface area contributed by atoms with Crippen molar-refractivity contribution < 1.29 is 0 Å². The Labute approximate surface area is 298 Å². The van der Waals surface area contributed by atoms with Crippen LogP contribution < -0.4 is 4.90 Å². The molecule has 1 atom stereocenters. The number of halogens is 1. The van der Waals surface area contributed by atoms with E-state index in [2.05, 4.69) is 200 Å². The fourth-order valence-electron chi connectivity index (χ4n) is 8.03. The van der Waals surface area contributed by atoms with Crippen LogP contribution in [-0.2, 0) is 5.41 Å². The highest BCUT2D eigenvalue weighted by molar-refractivity contribution is 6.31. The molecule has 8 aromatic carbocycles. The van der Waals surface area contributed by atoms with Gasteiger partial charge >= 0.3 is 0 Å². The molecule has 0 bridgehead atoms. The van der Waals surface area contributed by atoms with Gasteiger partial charge in [0.05, 0.1) is 5.41 Å². The highest BCUT2D eigenvalue weighted by Crippen LogP contribution is 2.58. The smallest absolute Gasteiger partial charge is 0.0719 e. The van der Waals surface area contributed by atoms with Crippen LogP contribution in [0.4, 0.5) is 17.1 Å². The van der Waals surface area contributed by atoms with E-state index in [9.17, 15) is 0 Å². The molecule has 1 aliphatic rings. The summed E-state index contributed by atoms with van der Waals surface area (Å²) in [5.74, 6) is 0. The van der Waals surface area contributed by atoms with Crippen molar-refractivity contribution >= 4 is 39.4 Å². The van der Waals surface area contributed by atoms with E-state index < -0.39 is 5.41 Å². The minimum absolute atomic E-state index is 0.530. The number of fused-ring (bicyclic) bond motifs is 5. The second-order valence-electron chi connectivity index (χ2n) is 13.2. The van der Waals surface area contributed by atoms with Gasteiger partial charge in [0, 0.05) is 22.1 Å². The van der Waals surface area contributed by atoms with Gasteiger partial charge in [-0.2, -0.15) is 0 Å². The Hall–Kier alpha value is -5.89. The second-order valence-corrected chi connectivity index (χ2v) is 13.6. The fourth-order valence-corrected chi connectivity index (χ4v) is 8.26. The first-order chi connectivity index (χ1) is 24.6. The highest BCUT2D eigenvalue weighted by Gasteiger charge is 2.47. The van der Waals surface area contributed by atoms with Gasteiger partial charge in [0.1, 0.15) is 0 Å². The van der Waals surface area contributed by atoms with E-state index in [1.807, 2.05) is 0 Å². The molecule has 0 aliphatic heterocycles. The average molecular weight is 660 g/mol. The third-order valence-electron chi connectivity index (χ3n) is 10.2. The van der Waals surface area contributed by atoms with Crippen molar-refractivity contribution in [1.29, 1.82) is 0 Å². The Morgan fingerprint density at radius 2 is 1.06 bits per heavy atom. The minimum Gasteiger partial charge on any atom is -0.310 e. The molecule has 9 rings (SSSR count). The van der Waals surface area contributed by atoms with E-state index in [1.165, 1.54) is 49.7 Å². The Balaban J connectivity index is 1.31. The van der Waals surface area contributed by atoms with Crippen LogP contribution in [0.5, 0.6) is 0 Å². The summed E-state index contributed by atoms with van der Waals surface area (Å²) >= 11 is 7.01. The van der Waals surface area contributed by atoms with E-state index in [4.69, 9.17) is 11.6 Å². The zero-order valence-corrected chi connectivity index (χ0v) is 28.5. The first kappa shape index (κ1) is 30.2. The maximum Gasteiger partial charge on any atom is 0.0719 e. The average Bonchev–Trinajstić information content (AvgIpc) is 3.47. The Bertz CT molecular complexity index is 2450. The summed E-state index contributed by atoms with van der Waals surface area (Å²) in [5, 5.41) is 3.21. The molecule has 0 saturated carbocycles. The molecule has 0 saturated heterocycles. The summed E-state index contributed by atoms with van der Waals surface area (Å²) in [5.41, 5.74) is 13.7. The van der Waals surface area contributed by atoms with Gasteiger partial charge in [0.15, 0.2) is 0 Å². The van der Waals surface area contributed by atoms with Crippen molar-refractivity contribution in [2.45, 2.75) is 12.3 Å². The molecule has 0 aromatic heterocycles. The first-order valence-electron chi connectivity index (χ1n) is 17.1. The van der Waals surface area contributed by atoms with Crippen LogP contribution in [-0.4, -0.2) is 0 Å². The van der Waals surface area contributed by atoms with Gasteiger partial charge in [-0.3, -0.25) is 0 Å². The van der Waals surface area contributed by atoms with Crippen molar-refractivity contribution in [1.82, 2.24) is 0 Å². The van der Waals surface area contributed by atoms with Crippen molar-refractivity contribution in [3.05, 3.63) is 221 Å². The number of benzene rings is 8. The normalized spacial score (nSPS) is 14.7. The summed E-state index contributed by atoms with van der Waals surface area (Å²) < 4.78 is 0. The molecule has 8 aromatic rings. The van der Waals surface area contributed by atoms with Crippen LogP contribution in [0.3, 0.4) is 0 Å². The lowest BCUT2D eigenvalue weighted by Gasteiger charge is -2.35. The Kier molecular flexibility index (Phi) is 7.38. The third-order valence-corrected chi connectivity index (χ3v) is 10.4. The van der Waals surface area contributed by atoms with Gasteiger partial charge in [0.25, 0.3) is 0 Å². The largest absolute Gasteiger partial charge is 0.310 e. The van der Waals surface area contributed by atoms with Crippen LogP contribution in [0.25, 0.3) is 33.0 Å². The molecule has 0 radical (unpaired) electrons. The number of hydrogen-bond donors (Lipinski definition) is 0. The quantitative estimate of drug-likeness (QED) is 0.172. The minimum atomic E-state index is -0.530. The molecule has 1 aliphatic carbocycles. The standard InChI is InChI=1S/C48H34ClN/c1-33-21-25-38(26-22-33)48(37-14-5-2-6-15-37)46-31-35(24-27-44(46)45-28-23-34-13-11-12-20-43(34)47(45)48)36-29-39(49)32-42(30-36)50(40-16-7-3-8-17-40)41-18-9-4-10-19-41/h2-32H,1H3. The predicted molar refractivity (Wildman–Crippen MR) is 211 cm³/mol. The van der Waals surface area contributed by atoms with E-state index in [0.29, 0.717) is 5.02 Å². The maximum absolute atomic E-state index is 7.01. The van der Waals surface area contributed by atoms with Crippen molar-refractivity contribution in [2.75, 3.05) is 4.90 Å². The second kappa shape index (κ2) is 12.2. The van der Waals surface area contributed by atoms with Gasteiger partial charge in [-0.15, -0.1) is 0 Å². The Morgan fingerprint density at radius 3 is 1.76 bits per heavy atom. The van der Waals surface area contributed by atoms with Gasteiger partial charge in [0.2, 0.25) is 0 Å². The van der Waals surface area contributed by atoms with Crippen molar-refractivity contribution in [3.63, 3.8) is 0 Å². The van der Waals surface area contributed by atoms with E-state index >= 15 is 0 Å². The zero-order valence-electron chi connectivity index (χ0n) is 27.7. The van der Waals surface area contributed by atoms with E-state index in [1.54, 1.807) is 0 Å². The molecule has 0 fully saturated rings. The molecular weight excluding hydrogens is 626 g/mol. The lowest BCUT2D eigenvalue weighted by atomic mass is 9.66. The molecular formula is C48H34ClN. The molecule has 2 heteroatoms. The summed E-state index contributed by atoms with van der Waals surface area (Å²) in [4.78, 5) is 2.27. The van der Waals surface area contributed by atoms with E-state index in [-0.39, 0.29) is 0 Å². The monoisotopic (exact) mass is 659 g/mol. The topological polar surface area (TPSA) is 3.24 Å². The van der Waals surface area contributed by atoms with Crippen LogP contribution in [0.1, 0.15) is 27.8 Å². The van der Waals surface area contributed by atoms with Crippen molar-refractivity contribution in [3.8, 4) is 22.3 Å². The van der Waals surface area contributed by atoms with Crippen LogP contribution in [0.15, 0.2) is 188 Å². The zero-order chi connectivity index (χ0) is 33.7. The summed E-state index contributed by atoms with van der Waals surface area (Å²) in [6.07, 6.45) is 0. The molecule has 1 nitrogen and oxygen atoms in total. The van der Waals surface area contributed by atoms with E-state index in [0.717, 1.165) is 28.2 Å². The number of rotatable bonds is 6. The van der Waals surface area contributed by atoms with Gasteiger partial charge in [-0.05, 0) is 111 Å². The molecule has 0 spiro atoms. The number of nitrogens with zero attached hydrogens (tertiary/aromatic N) is 1. The number of anilines is 3. The molecule has 238 valence electrons. The SMILES string of the molecule is Cc1ccc(C2(c3ccccc3)c3cc(-c4cc(Cl)cc(N(c5ccccc5)c5ccccc5)c4)ccc3-c3ccc4ccccc4c32)cc1. The first-order valence-corrected chi connectivity index (χ1v) is 17.5. The summed E-state index contributed by atoms with van der Waals surface area (Å²) in [6, 6.07) is 68.0. The number of hydrogen-bond acceptors (Lipinski definition) is 1. The molecule has 0 amide bonds. The number of para-hydroxylation sites is 2. The maximum atomic E-state index is 7.01. The molecule has 0 heterocycles. The third kappa shape index (κ3) is 4.85. The summed E-state index contributed by atoms with van der Waals surface area (Å²) in [6.45, 7) is 2.16. The van der Waals surface area contributed by atoms with Gasteiger partial charge in [-0.1, -0.05) is 157 Å². The molecule has 1 unspecified atom stereocenters. The predicted octanol–water partition coefficient (Wildman–Crippen LogP) is 13.3. The molecule has 50 heavy (non-hydrogen) atoms. The Morgan fingerprint density at radius 1 is 0.460 bits per heavy atom. The fraction of sp³-hybridized carbons (Fsp3) is 0.0417.